The Labute approximate surface area is 203 Å². The third-order valence-electron chi connectivity index (χ3n) is 7.40. The van der Waals surface area contributed by atoms with Crippen LogP contribution in [0.15, 0.2) is 29.4 Å². The maximum absolute atomic E-state index is 12.7. The Morgan fingerprint density at radius 3 is 2.33 bits per heavy atom. The molecule has 2 aliphatic carbocycles. The number of benzene rings is 1. The van der Waals surface area contributed by atoms with E-state index >= 15 is 0 Å². The van der Waals surface area contributed by atoms with E-state index in [1.165, 1.54) is 55.9 Å². The van der Waals surface area contributed by atoms with Crippen molar-refractivity contribution in [1.82, 2.24) is 20.1 Å². The molecule has 2 fully saturated rings. The Hall–Kier alpha value is -1.82. The largest absolute Gasteiger partial charge is 0.352 e. The van der Waals surface area contributed by atoms with E-state index in [1.54, 1.807) is 0 Å². The summed E-state index contributed by atoms with van der Waals surface area (Å²) in [4.78, 5) is 12.7. The molecule has 1 aromatic carbocycles. The minimum Gasteiger partial charge on any atom is -0.352 e. The van der Waals surface area contributed by atoms with Crippen molar-refractivity contribution < 1.29 is 4.79 Å². The molecule has 4 rings (SSSR count). The van der Waals surface area contributed by atoms with Crippen LogP contribution in [-0.4, -0.2) is 32.5 Å². The average Bonchev–Trinajstić information content (AvgIpc) is 3.23. The lowest BCUT2D eigenvalue weighted by Crippen LogP contribution is -2.41. The molecule has 0 spiro atoms. The van der Waals surface area contributed by atoms with Crippen LogP contribution in [-0.2, 0) is 10.2 Å². The summed E-state index contributed by atoms with van der Waals surface area (Å²) in [6.07, 6.45) is 10.9. The van der Waals surface area contributed by atoms with Crippen LogP contribution >= 0.6 is 11.8 Å². The van der Waals surface area contributed by atoms with Crippen LogP contribution < -0.4 is 5.32 Å². The van der Waals surface area contributed by atoms with Gasteiger partial charge in [0.15, 0.2) is 11.0 Å². The summed E-state index contributed by atoms with van der Waals surface area (Å²) in [7, 11) is 0. The summed E-state index contributed by atoms with van der Waals surface area (Å²) in [6.45, 7) is 8.97. The highest BCUT2D eigenvalue weighted by Crippen LogP contribution is 2.36. The molecule has 0 saturated heterocycles. The number of nitrogens with zero attached hydrogens (tertiary/aromatic N) is 3. The Morgan fingerprint density at radius 2 is 1.67 bits per heavy atom. The highest BCUT2D eigenvalue weighted by atomic mass is 32.2. The average molecular weight is 469 g/mol. The number of hydrogen-bond acceptors (Lipinski definition) is 4. The van der Waals surface area contributed by atoms with Crippen molar-refractivity contribution in [3.05, 3.63) is 29.8 Å². The highest BCUT2D eigenvalue weighted by molar-refractivity contribution is 7.99. The molecule has 0 bridgehead atoms. The molecule has 2 aromatic rings. The van der Waals surface area contributed by atoms with Gasteiger partial charge in [0.05, 0.1) is 5.75 Å². The fraction of sp³-hybridized carbons (Fsp3) is 0.667. The van der Waals surface area contributed by atoms with Crippen LogP contribution in [0.5, 0.6) is 0 Å². The predicted molar refractivity (Wildman–Crippen MR) is 137 cm³/mol. The van der Waals surface area contributed by atoms with E-state index in [0.29, 0.717) is 23.8 Å². The predicted octanol–water partition coefficient (Wildman–Crippen LogP) is 6.53. The first kappa shape index (κ1) is 24.3. The van der Waals surface area contributed by atoms with Crippen LogP contribution in [0.25, 0.3) is 11.4 Å². The maximum atomic E-state index is 12.7. The summed E-state index contributed by atoms with van der Waals surface area (Å²) in [5.41, 5.74) is 2.55. The summed E-state index contributed by atoms with van der Waals surface area (Å²) < 4.78 is 2.33. The van der Waals surface area contributed by atoms with Crippen LogP contribution in [0.2, 0.25) is 0 Å². The number of amides is 1. The van der Waals surface area contributed by atoms with E-state index in [4.69, 9.17) is 0 Å². The zero-order valence-corrected chi connectivity index (χ0v) is 21.6. The standard InChI is InChI=1S/C27H40N4OS/c1-19-10-8-9-13-23(19)28-24(32)18-33-26-30-29-25(31(26)22-11-6-5-7-12-22)20-14-16-21(17-15-20)27(2,3)4/h14-17,19,22-23H,5-13,18H2,1-4H3,(H,28,32). The molecule has 2 unspecified atom stereocenters. The first-order valence-corrected chi connectivity index (χ1v) is 13.8. The van der Waals surface area contributed by atoms with Gasteiger partial charge in [0, 0.05) is 17.6 Å². The monoisotopic (exact) mass is 468 g/mol. The van der Waals surface area contributed by atoms with E-state index in [2.05, 4.69) is 72.0 Å². The molecular formula is C27H40N4OS. The van der Waals surface area contributed by atoms with Gasteiger partial charge in [-0.1, -0.05) is 95.8 Å². The minimum atomic E-state index is 0.119. The molecule has 180 valence electrons. The van der Waals surface area contributed by atoms with Gasteiger partial charge in [-0.05, 0) is 42.6 Å². The normalized spacial score (nSPS) is 22.3. The molecule has 0 radical (unpaired) electrons. The van der Waals surface area contributed by atoms with Gasteiger partial charge in [0.1, 0.15) is 0 Å². The van der Waals surface area contributed by atoms with Crippen molar-refractivity contribution in [3.63, 3.8) is 0 Å². The molecule has 2 atom stereocenters. The third-order valence-corrected chi connectivity index (χ3v) is 8.35. The lowest BCUT2D eigenvalue weighted by molar-refractivity contribution is -0.119. The molecule has 5 nitrogen and oxygen atoms in total. The molecule has 1 aromatic heterocycles. The summed E-state index contributed by atoms with van der Waals surface area (Å²) in [5, 5.41) is 13.3. The molecule has 1 amide bonds. The SMILES string of the molecule is CC1CCCCC1NC(=O)CSc1nnc(-c2ccc(C(C)(C)C)cc2)n1C1CCCCC1. The summed E-state index contributed by atoms with van der Waals surface area (Å²) in [6, 6.07) is 9.50. The van der Waals surface area contributed by atoms with Gasteiger partial charge in [0.2, 0.25) is 5.91 Å². The van der Waals surface area contributed by atoms with Gasteiger partial charge in [-0.2, -0.15) is 0 Å². The minimum absolute atomic E-state index is 0.119. The van der Waals surface area contributed by atoms with E-state index < -0.39 is 0 Å². The molecule has 6 heteroatoms. The highest BCUT2D eigenvalue weighted by Gasteiger charge is 2.26. The van der Waals surface area contributed by atoms with E-state index in [0.717, 1.165) is 35.8 Å². The Kier molecular flexibility index (Phi) is 7.83. The zero-order chi connectivity index (χ0) is 23.4. The Morgan fingerprint density at radius 1 is 1.00 bits per heavy atom. The summed E-state index contributed by atoms with van der Waals surface area (Å²) >= 11 is 1.54. The fourth-order valence-corrected chi connectivity index (χ4v) is 6.09. The number of carbonyl (C=O) groups is 1. The van der Waals surface area contributed by atoms with Crippen LogP contribution in [0.3, 0.4) is 0 Å². The first-order valence-electron chi connectivity index (χ1n) is 12.8. The van der Waals surface area contributed by atoms with Crippen molar-refractivity contribution >= 4 is 17.7 Å². The topological polar surface area (TPSA) is 59.8 Å². The molecule has 1 heterocycles. The molecule has 2 saturated carbocycles. The van der Waals surface area contributed by atoms with Gasteiger partial charge in [0.25, 0.3) is 0 Å². The van der Waals surface area contributed by atoms with Gasteiger partial charge in [-0.15, -0.1) is 10.2 Å². The van der Waals surface area contributed by atoms with Crippen LogP contribution in [0.1, 0.15) is 97.1 Å². The number of nitrogens with one attached hydrogen (secondary N) is 1. The second kappa shape index (κ2) is 10.6. The molecule has 1 N–H and O–H groups in total. The number of hydrogen-bond donors (Lipinski definition) is 1. The van der Waals surface area contributed by atoms with Crippen molar-refractivity contribution in [1.29, 1.82) is 0 Å². The van der Waals surface area contributed by atoms with Crippen molar-refractivity contribution in [2.45, 2.75) is 108 Å². The van der Waals surface area contributed by atoms with Crippen LogP contribution in [0, 0.1) is 5.92 Å². The van der Waals surface area contributed by atoms with Crippen molar-refractivity contribution in [2.75, 3.05) is 5.75 Å². The molecular weight excluding hydrogens is 428 g/mol. The van der Waals surface area contributed by atoms with E-state index in [9.17, 15) is 4.79 Å². The first-order chi connectivity index (χ1) is 15.8. The second-order valence-corrected chi connectivity index (χ2v) is 12.0. The fourth-order valence-electron chi connectivity index (χ4n) is 5.27. The van der Waals surface area contributed by atoms with Gasteiger partial charge < -0.3 is 5.32 Å². The lowest BCUT2D eigenvalue weighted by atomic mass is 9.86. The molecule has 2 aliphatic rings. The smallest absolute Gasteiger partial charge is 0.230 e. The summed E-state index contributed by atoms with van der Waals surface area (Å²) in [5.74, 6) is 2.03. The zero-order valence-electron chi connectivity index (χ0n) is 20.8. The Bertz CT molecular complexity index is 925. The molecule has 0 aliphatic heterocycles. The number of rotatable bonds is 6. The Balaban J connectivity index is 1.51. The van der Waals surface area contributed by atoms with Gasteiger partial charge >= 0.3 is 0 Å². The van der Waals surface area contributed by atoms with Gasteiger partial charge in [-0.3, -0.25) is 9.36 Å². The van der Waals surface area contributed by atoms with E-state index in [-0.39, 0.29) is 11.3 Å². The lowest BCUT2D eigenvalue weighted by Gasteiger charge is -2.29. The number of carbonyl (C=O) groups excluding carboxylic acids is 1. The van der Waals surface area contributed by atoms with Gasteiger partial charge in [-0.25, -0.2) is 0 Å². The van der Waals surface area contributed by atoms with E-state index in [1.807, 2.05) is 0 Å². The third kappa shape index (κ3) is 6.00. The maximum Gasteiger partial charge on any atom is 0.230 e. The van der Waals surface area contributed by atoms with Crippen molar-refractivity contribution in [2.24, 2.45) is 5.92 Å². The molecule has 33 heavy (non-hydrogen) atoms. The second-order valence-electron chi connectivity index (χ2n) is 11.0. The number of aromatic nitrogens is 3. The van der Waals surface area contributed by atoms with Crippen molar-refractivity contribution in [3.8, 4) is 11.4 Å². The quantitative estimate of drug-likeness (QED) is 0.489. The number of thioether (sulfide) groups is 1. The van der Waals surface area contributed by atoms with Crippen LogP contribution in [0.4, 0.5) is 0 Å².